The van der Waals surface area contributed by atoms with E-state index >= 15 is 0 Å². The molecule has 0 spiro atoms. The summed E-state index contributed by atoms with van der Waals surface area (Å²) in [5, 5.41) is 1.52. The summed E-state index contributed by atoms with van der Waals surface area (Å²) >= 11 is 6.41. The number of fused-ring (bicyclic) bond motifs is 1. The van der Waals surface area contributed by atoms with Gasteiger partial charge in [-0.15, -0.1) is 11.6 Å². The van der Waals surface area contributed by atoms with Crippen LogP contribution in [-0.2, 0) is 0 Å². The van der Waals surface area contributed by atoms with Gasteiger partial charge in [-0.25, -0.2) is 4.39 Å². The number of halogens is 2. The molecule has 2 rings (SSSR count). The first kappa shape index (κ1) is 12.4. The van der Waals surface area contributed by atoms with Gasteiger partial charge < -0.3 is 0 Å². The Hall–Kier alpha value is -1.08. The Kier molecular flexibility index (Phi) is 3.68. The van der Waals surface area contributed by atoms with Gasteiger partial charge in [0.1, 0.15) is 5.82 Å². The first-order chi connectivity index (χ1) is 8.09. The summed E-state index contributed by atoms with van der Waals surface area (Å²) in [6, 6.07) is 10.8. The molecule has 0 N–H and O–H groups in total. The van der Waals surface area contributed by atoms with Crippen LogP contribution >= 0.6 is 11.6 Å². The van der Waals surface area contributed by atoms with E-state index < -0.39 is 0 Å². The Morgan fingerprint density at radius 2 is 1.71 bits per heavy atom. The first-order valence-electron chi connectivity index (χ1n) is 5.91. The van der Waals surface area contributed by atoms with Gasteiger partial charge in [-0.3, -0.25) is 0 Å². The molecule has 0 fully saturated rings. The zero-order valence-electron chi connectivity index (χ0n) is 10.1. The second-order valence-corrected chi connectivity index (χ2v) is 5.31. The highest BCUT2D eigenvalue weighted by atomic mass is 35.5. The maximum absolute atomic E-state index is 13.6. The smallest absolute Gasteiger partial charge is 0.131 e. The SMILES string of the molecule is CC(C)CC(Cl)c1ccc(F)c2ccccc12. The molecule has 0 aromatic heterocycles. The summed E-state index contributed by atoms with van der Waals surface area (Å²) in [4.78, 5) is 0. The number of rotatable bonds is 3. The summed E-state index contributed by atoms with van der Waals surface area (Å²) in [6.07, 6.45) is 0.900. The normalized spacial score (nSPS) is 13.2. The van der Waals surface area contributed by atoms with Crippen LogP contribution in [0.4, 0.5) is 4.39 Å². The van der Waals surface area contributed by atoms with Crippen LogP contribution in [0.1, 0.15) is 31.2 Å². The van der Waals surface area contributed by atoms with E-state index in [-0.39, 0.29) is 11.2 Å². The van der Waals surface area contributed by atoms with E-state index in [1.807, 2.05) is 18.2 Å². The lowest BCUT2D eigenvalue weighted by molar-refractivity contribution is 0.576. The Balaban J connectivity index is 2.51. The highest BCUT2D eigenvalue weighted by Gasteiger charge is 2.14. The third kappa shape index (κ3) is 2.61. The average molecular weight is 251 g/mol. The fourth-order valence-corrected chi connectivity index (χ4v) is 2.65. The Morgan fingerprint density at radius 3 is 2.35 bits per heavy atom. The maximum Gasteiger partial charge on any atom is 0.131 e. The summed E-state index contributed by atoms with van der Waals surface area (Å²) in [5.41, 5.74) is 1.03. The quantitative estimate of drug-likeness (QED) is 0.648. The van der Waals surface area contributed by atoms with Gasteiger partial charge in [0.05, 0.1) is 5.38 Å². The second-order valence-electron chi connectivity index (χ2n) is 4.78. The molecular weight excluding hydrogens is 235 g/mol. The van der Waals surface area contributed by atoms with Crippen molar-refractivity contribution in [3.8, 4) is 0 Å². The Bertz CT molecular complexity index is 519. The molecule has 90 valence electrons. The topological polar surface area (TPSA) is 0 Å². The molecular formula is C15H16ClF. The Labute approximate surface area is 106 Å². The van der Waals surface area contributed by atoms with Gasteiger partial charge in [0.25, 0.3) is 0 Å². The van der Waals surface area contributed by atoms with E-state index in [0.29, 0.717) is 11.3 Å². The predicted octanol–water partition coefficient (Wildman–Crippen LogP) is 5.30. The lowest BCUT2D eigenvalue weighted by Crippen LogP contribution is -1.98. The highest BCUT2D eigenvalue weighted by molar-refractivity contribution is 6.21. The minimum absolute atomic E-state index is 0.0551. The van der Waals surface area contributed by atoms with E-state index in [9.17, 15) is 4.39 Å². The van der Waals surface area contributed by atoms with Crippen LogP contribution in [0.3, 0.4) is 0 Å². The van der Waals surface area contributed by atoms with Crippen molar-refractivity contribution in [2.24, 2.45) is 5.92 Å². The monoisotopic (exact) mass is 250 g/mol. The average Bonchev–Trinajstić information content (AvgIpc) is 2.29. The molecule has 1 unspecified atom stereocenters. The zero-order valence-corrected chi connectivity index (χ0v) is 10.8. The first-order valence-corrected chi connectivity index (χ1v) is 6.34. The lowest BCUT2D eigenvalue weighted by atomic mass is 9.97. The van der Waals surface area contributed by atoms with Crippen molar-refractivity contribution in [1.82, 2.24) is 0 Å². The third-order valence-electron chi connectivity index (χ3n) is 2.92. The van der Waals surface area contributed by atoms with Gasteiger partial charge in [-0.05, 0) is 29.4 Å². The van der Waals surface area contributed by atoms with Crippen LogP contribution in [0.15, 0.2) is 36.4 Å². The molecule has 17 heavy (non-hydrogen) atoms. The fourth-order valence-electron chi connectivity index (χ4n) is 2.10. The van der Waals surface area contributed by atoms with Crippen molar-refractivity contribution < 1.29 is 4.39 Å². The van der Waals surface area contributed by atoms with Crippen molar-refractivity contribution in [3.63, 3.8) is 0 Å². The largest absolute Gasteiger partial charge is 0.206 e. The van der Waals surface area contributed by atoms with Crippen LogP contribution in [-0.4, -0.2) is 0 Å². The van der Waals surface area contributed by atoms with Gasteiger partial charge in [0.15, 0.2) is 0 Å². The van der Waals surface area contributed by atoms with Gasteiger partial charge in [0, 0.05) is 5.39 Å². The van der Waals surface area contributed by atoms with Crippen LogP contribution in [0.2, 0.25) is 0 Å². The van der Waals surface area contributed by atoms with Crippen molar-refractivity contribution in [1.29, 1.82) is 0 Å². The standard InChI is InChI=1S/C15H16ClF/c1-10(2)9-14(16)12-7-8-15(17)13-6-4-3-5-11(12)13/h3-8,10,14H,9H2,1-2H3. The molecule has 1 atom stereocenters. The molecule has 0 amide bonds. The third-order valence-corrected chi connectivity index (χ3v) is 3.33. The predicted molar refractivity (Wildman–Crippen MR) is 72.0 cm³/mol. The Morgan fingerprint density at radius 1 is 1.06 bits per heavy atom. The summed E-state index contributed by atoms with van der Waals surface area (Å²) in [6.45, 7) is 4.28. The molecule has 0 saturated heterocycles. The zero-order chi connectivity index (χ0) is 12.4. The molecule has 0 nitrogen and oxygen atoms in total. The van der Waals surface area contributed by atoms with Gasteiger partial charge >= 0.3 is 0 Å². The number of hydrogen-bond donors (Lipinski definition) is 0. The molecule has 2 heteroatoms. The van der Waals surface area contributed by atoms with Crippen molar-refractivity contribution in [2.45, 2.75) is 25.6 Å². The van der Waals surface area contributed by atoms with Gasteiger partial charge in [-0.1, -0.05) is 44.2 Å². The van der Waals surface area contributed by atoms with Crippen LogP contribution < -0.4 is 0 Å². The van der Waals surface area contributed by atoms with E-state index in [2.05, 4.69) is 13.8 Å². The van der Waals surface area contributed by atoms with Gasteiger partial charge in [0.2, 0.25) is 0 Å². The molecule has 0 radical (unpaired) electrons. The molecule has 2 aromatic rings. The minimum atomic E-state index is -0.183. The van der Waals surface area contributed by atoms with Crippen molar-refractivity contribution in [3.05, 3.63) is 47.8 Å². The summed E-state index contributed by atoms with van der Waals surface area (Å²) in [5.74, 6) is 0.346. The number of hydrogen-bond acceptors (Lipinski definition) is 0. The summed E-state index contributed by atoms with van der Waals surface area (Å²) in [7, 11) is 0. The van der Waals surface area contributed by atoms with E-state index in [0.717, 1.165) is 17.4 Å². The maximum atomic E-state index is 13.6. The van der Waals surface area contributed by atoms with Gasteiger partial charge in [-0.2, -0.15) is 0 Å². The number of alkyl halides is 1. The van der Waals surface area contributed by atoms with Crippen molar-refractivity contribution in [2.75, 3.05) is 0 Å². The minimum Gasteiger partial charge on any atom is -0.206 e. The molecule has 0 saturated carbocycles. The molecule has 0 aliphatic carbocycles. The van der Waals surface area contributed by atoms with E-state index in [4.69, 9.17) is 11.6 Å². The van der Waals surface area contributed by atoms with Crippen LogP contribution in [0.25, 0.3) is 10.8 Å². The molecule has 2 aromatic carbocycles. The highest BCUT2D eigenvalue weighted by Crippen LogP contribution is 2.33. The van der Waals surface area contributed by atoms with Crippen LogP contribution in [0, 0.1) is 11.7 Å². The molecule has 0 heterocycles. The fraction of sp³-hybridized carbons (Fsp3) is 0.333. The lowest BCUT2D eigenvalue weighted by Gasteiger charge is -2.15. The second kappa shape index (κ2) is 5.05. The number of benzene rings is 2. The molecule has 0 bridgehead atoms. The van der Waals surface area contributed by atoms with E-state index in [1.54, 1.807) is 12.1 Å². The van der Waals surface area contributed by atoms with E-state index in [1.165, 1.54) is 6.07 Å². The molecule has 0 aliphatic rings. The summed E-state index contributed by atoms with van der Waals surface area (Å²) < 4.78 is 13.6. The van der Waals surface area contributed by atoms with Crippen molar-refractivity contribution >= 4 is 22.4 Å². The molecule has 0 aliphatic heterocycles. The van der Waals surface area contributed by atoms with Crippen LogP contribution in [0.5, 0.6) is 0 Å².